The van der Waals surface area contributed by atoms with Crippen molar-refractivity contribution in [2.45, 2.75) is 13.8 Å². The maximum Gasteiger partial charge on any atom is 0.277 e. The van der Waals surface area contributed by atoms with Crippen LogP contribution in [0.15, 0.2) is 29.1 Å². The first kappa shape index (κ1) is 13.9. The van der Waals surface area contributed by atoms with E-state index in [1.165, 1.54) is 24.3 Å². The fourth-order valence-corrected chi connectivity index (χ4v) is 1.94. The van der Waals surface area contributed by atoms with Gasteiger partial charge in [-0.3, -0.25) is 20.0 Å². The number of carbonyl (C=O) groups excluding carboxylic acids is 1. The Kier molecular flexibility index (Phi) is 3.21. The number of anilines is 1. The molecule has 3 rings (SSSR count). The first-order valence-corrected chi connectivity index (χ1v) is 6.48. The lowest BCUT2D eigenvalue weighted by Gasteiger charge is -2.00. The molecule has 112 valence electrons. The van der Waals surface area contributed by atoms with Crippen LogP contribution in [0.1, 0.15) is 21.6 Å². The molecule has 0 bridgehead atoms. The number of nitrogens with zero attached hydrogens (tertiary/aromatic N) is 3. The number of aromatic nitrogens is 4. The lowest BCUT2D eigenvalue weighted by atomic mass is 10.2. The fraction of sp³-hybridized carbons (Fsp3) is 0.143. The molecule has 2 aromatic heterocycles. The molecule has 0 radical (unpaired) electrons. The summed E-state index contributed by atoms with van der Waals surface area (Å²) in [6, 6.07) is 5.08. The van der Waals surface area contributed by atoms with Crippen LogP contribution in [0.3, 0.4) is 0 Å². The summed E-state index contributed by atoms with van der Waals surface area (Å²) in [5.74, 6) is -0.644. The fourth-order valence-electron chi connectivity index (χ4n) is 1.94. The molecule has 0 saturated heterocycles. The van der Waals surface area contributed by atoms with Crippen molar-refractivity contribution in [2.24, 2.45) is 0 Å². The topological polar surface area (TPSA) is 92.2 Å². The molecule has 3 aromatic rings. The number of fused-ring (bicyclic) bond motifs is 1. The largest absolute Gasteiger partial charge is 0.291 e. The summed E-state index contributed by atoms with van der Waals surface area (Å²) in [4.78, 5) is 32.3. The summed E-state index contributed by atoms with van der Waals surface area (Å²) >= 11 is 0. The Morgan fingerprint density at radius 1 is 1.23 bits per heavy atom. The SMILES string of the molecule is Cc1nc2nc(NC(=O)c3ccc(F)cc3)[nH]n2c(=O)c1C. The quantitative estimate of drug-likeness (QED) is 0.749. The predicted molar refractivity (Wildman–Crippen MR) is 77.4 cm³/mol. The summed E-state index contributed by atoms with van der Waals surface area (Å²) in [5, 5.41) is 5.17. The van der Waals surface area contributed by atoms with Gasteiger partial charge >= 0.3 is 0 Å². The number of halogens is 1. The van der Waals surface area contributed by atoms with Crippen molar-refractivity contribution in [3.8, 4) is 0 Å². The molecule has 0 spiro atoms. The third-order valence-electron chi connectivity index (χ3n) is 3.30. The van der Waals surface area contributed by atoms with E-state index in [4.69, 9.17) is 0 Å². The molecular formula is C14H12FN5O2. The standard InChI is InChI=1S/C14H12FN5O2/c1-7-8(2)16-14-18-13(19-20(14)12(7)22)17-11(21)9-3-5-10(15)6-4-9/h3-6H,1-2H3,(H2,16,17,18,19,21). The van der Waals surface area contributed by atoms with Crippen LogP contribution in [0.2, 0.25) is 0 Å². The Balaban J connectivity index is 1.94. The van der Waals surface area contributed by atoms with Gasteiger partial charge in [0.1, 0.15) is 5.82 Å². The lowest BCUT2D eigenvalue weighted by molar-refractivity contribution is 0.102. The van der Waals surface area contributed by atoms with Gasteiger partial charge in [0.25, 0.3) is 17.2 Å². The molecule has 2 heterocycles. The third kappa shape index (κ3) is 2.34. The first-order valence-electron chi connectivity index (χ1n) is 6.48. The molecule has 8 heteroatoms. The highest BCUT2D eigenvalue weighted by molar-refractivity contribution is 6.03. The highest BCUT2D eigenvalue weighted by Gasteiger charge is 2.13. The van der Waals surface area contributed by atoms with E-state index in [0.717, 1.165) is 4.52 Å². The Morgan fingerprint density at radius 3 is 2.59 bits per heavy atom. The van der Waals surface area contributed by atoms with Crippen LogP contribution in [-0.4, -0.2) is 25.5 Å². The van der Waals surface area contributed by atoms with E-state index in [9.17, 15) is 14.0 Å². The van der Waals surface area contributed by atoms with Gasteiger partial charge in [-0.2, -0.15) is 9.50 Å². The zero-order valence-electron chi connectivity index (χ0n) is 11.8. The van der Waals surface area contributed by atoms with E-state index in [1.807, 2.05) is 0 Å². The van der Waals surface area contributed by atoms with Crippen molar-refractivity contribution < 1.29 is 9.18 Å². The van der Waals surface area contributed by atoms with Crippen LogP contribution in [0.4, 0.5) is 10.3 Å². The number of hydrogen-bond acceptors (Lipinski definition) is 4. The van der Waals surface area contributed by atoms with Crippen LogP contribution in [0.25, 0.3) is 5.78 Å². The summed E-state index contributed by atoms with van der Waals surface area (Å²) in [6.45, 7) is 3.37. The lowest BCUT2D eigenvalue weighted by Crippen LogP contribution is -2.19. The van der Waals surface area contributed by atoms with Gasteiger partial charge in [-0.15, -0.1) is 0 Å². The Bertz CT molecular complexity index is 927. The monoisotopic (exact) mass is 301 g/mol. The van der Waals surface area contributed by atoms with Crippen molar-refractivity contribution in [3.63, 3.8) is 0 Å². The average Bonchev–Trinajstić information content (AvgIpc) is 2.88. The number of aromatic amines is 1. The molecular weight excluding hydrogens is 289 g/mol. The summed E-state index contributed by atoms with van der Waals surface area (Å²) in [7, 11) is 0. The molecule has 7 nitrogen and oxygen atoms in total. The molecule has 22 heavy (non-hydrogen) atoms. The van der Waals surface area contributed by atoms with E-state index in [2.05, 4.69) is 20.4 Å². The Hall–Kier alpha value is -3.03. The number of aryl methyl sites for hydroxylation is 1. The highest BCUT2D eigenvalue weighted by Crippen LogP contribution is 2.08. The van der Waals surface area contributed by atoms with Crippen LogP contribution in [-0.2, 0) is 0 Å². The van der Waals surface area contributed by atoms with Crippen LogP contribution >= 0.6 is 0 Å². The van der Waals surface area contributed by atoms with E-state index >= 15 is 0 Å². The zero-order chi connectivity index (χ0) is 15.9. The maximum absolute atomic E-state index is 12.8. The van der Waals surface area contributed by atoms with E-state index in [0.29, 0.717) is 11.3 Å². The van der Waals surface area contributed by atoms with Crippen molar-refractivity contribution >= 4 is 17.6 Å². The van der Waals surface area contributed by atoms with Crippen LogP contribution < -0.4 is 10.9 Å². The van der Waals surface area contributed by atoms with Crippen LogP contribution in [0, 0.1) is 19.7 Å². The minimum atomic E-state index is -0.472. The zero-order valence-corrected chi connectivity index (χ0v) is 11.8. The molecule has 0 aliphatic rings. The molecule has 0 saturated carbocycles. The minimum absolute atomic E-state index is 0.0870. The second-order valence-corrected chi connectivity index (χ2v) is 4.80. The molecule has 0 aliphatic carbocycles. The van der Waals surface area contributed by atoms with Gasteiger partial charge in [0.15, 0.2) is 0 Å². The Morgan fingerprint density at radius 2 is 1.91 bits per heavy atom. The molecule has 2 N–H and O–H groups in total. The third-order valence-corrected chi connectivity index (χ3v) is 3.30. The van der Waals surface area contributed by atoms with Gasteiger partial charge in [0.05, 0.1) is 0 Å². The predicted octanol–water partition coefficient (Wildman–Crippen LogP) is 1.43. The van der Waals surface area contributed by atoms with E-state index in [-0.39, 0.29) is 22.8 Å². The number of rotatable bonds is 2. The van der Waals surface area contributed by atoms with Crippen molar-refractivity contribution in [1.82, 2.24) is 19.6 Å². The van der Waals surface area contributed by atoms with Gasteiger partial charge < -0.3 is 0 Å². The summed E-state index contributed by atoms with van der Waals surface area (Å²) < 4.78 is 14.0. The minimum Gasteiger partial charge on any atom is -0.291 e. The molecule has 0 unspecified atom stereocenters. The molecule has 0 atom stereocenters. The first-order chi connectivity index (χ1) is 10.5. The van der Waals surface area contributed by atoms with Gasteiger partial charge in [-0.05, 0) is 38.1 Å². The normalized spacial score (nSPS) is 10.9. The van der Waals surface area contributed by atoms with Crippen LogP contribution in [0.5, 0.6) is 0 Å². The number of carbonyl (C=O) groups is 1. The molecule has 1 aromatic carbocycles. The molecule has 0 aliphatic heterocycles. The maximum atomic E-state index is 12.8. The van der Waals surface area contributed by atoms with Gasteiger partial charge in [0, 0.05) is 16.8 Å². The number of amides is 1. The summed E-state index contributed by atoms with van der Waals surface area (Å²) in [5.41, 5.74) is 1.07. The number of nitrogens with one attached hydrogen (secondary N) is 2. The smallest absolute Gasteiger partial charge is 0.277 e. The van der Waals surface area contributed by atoms with E-state index < -0.39 is 11.7 Å². The highest BCUT2D eigenvalue weighted by atomic mass is 19.1. The van der Waals surface area contributed by atoms with Crippen molar-refractivity contribution in [3.05, 3.63) is 57.3 Å². The number of H-pyrrole nitrogens is 1. The summed E-state index contributed by atoms with van der Waals surface area (Å²) in [6.07, 6.45) is 0. The second kappa shape index (κ2) is 5.06. The number of hydrogen-bond donors (Lipinski definition) is 2. The number of benzene rings is 1. The molecule has 0 fully saturated rings. The van der Waals surface area contributed by atoms with Gasteiger partial charge in [0.2, 0.25) is 5.95 Å². The molecule has 1 amide bonds. The Labute approximate surface area is 123 Å². The van der Waals surface area contributed by atoms with Crippen molar-refractivity contribution in [2.75, 3.05) is 5.32 Å². The second-order valence-electron chi connectivity index (χ2n) is 4.80. The average molecular weight is 301 g/mol. The van der Waals surface area contributed by atoms with Gasteiger partial charge in [-0.25, -0.2) is 9.37 Å². The van der Waals surface area contributed by atoms with Gasteiger partial charge in [-0.1, -0.05) is 0 Å². The van der Waals surface area contributed by atoms with Crippen molar-refractivity contribution in [1.29, 1.82) is 0 Å². The van der Waals surface area contributed by atoms with E-state index in [1.54, 1.807) is 13.8 Å².